The van der Waals surface area contributed by atoms with E-state index in [9.17, 15) is 4.39 Å². The van der Waals surface area contributed by atoms with Crippen LogP contribution in [0.2, 0.25) is 5.02 Å². The minimum atomic E-state index is -0.552. The van der Waals surface area contributed by atoms with Gasteiger partial charge in [-0.3, -0.25) is 0 Å². The van der Waals surface area contributed by atoms with Crippen molar-refractivity contribution in [2.24, 2.45) is 0 Å². The monoisotopic (exact) mass is 326 g/mol. The van der Waals surface area contributed by atoms with Gasteiger partial charge in [-0.15, -0.1) is 11.6 Å². The van der Waals surface area contributed by atoms with Crippen LogP contribution in [0.1, 0.15) is 22.1 Å². The summed E-state index contributed by atoms with van der Waals surface area (Å²) >= 11 is 12.8. The summed E-state index contributed by atoms with van der Waals surface area (Å²) in [7, 11) is 0. The van der Waals surface area contributed by atoms with Crippen LogP contribution in [0, 0.1) is 12.7 Å². The molecular formula is C16H13Cl2FO2. The van der Waals surface area contributed by atoms with Gasteiger partial charge in [-0.1, -0.05) is 17.7 Å². The second kappa shape index (κ2) is 5.74. The Bertz CT molecular complexity index is 688. The van der Waals surface area contributed by atoms with Gasteiger partial charge in [0.2, 0.25) is 0 Å². The van der Waals surface area contributed by atoms with Crippen molar-refractivity contribution in [3.8, 4) is 11.5 Å². The van der Waals surface area contributed by atoms with Crippen LogP contribution >= 0.6 is 23.2 Å². The van der Waals surface area contributed by atoms with Gasteiger partial charge in [0, 0.05) is 11.1 Å². The molecule has 0 aliphatic carbocycles. The summed E-state index contributed by atoms with van der Waals surface area (Å²) in [5.41, 5.74) is 2.27. The Morgan fingerprint density at radius 1 is 1.05 bits per heavy atom. The largest absolute Gasteiger partial charge is 0.486 e. The molecule has 2 nitrogen and oxygen atoms in total. The smallest absolute Gasteiger partial charge is 0.162 e. The van der Waals surface area contributed by atoms with E-state index in [-0.39, 0.29) is 5.82 Å². The Morgan fingerprint density at radius 3 is 2.43 bits per heavy atom. The maximum Gasteiger partial charge on any atom is 0.162 e. The number of benzene rings is 2. The number of hydrogen-bond acceptors (Lipinski definition) is 2. The first kappa shape index (κ1) is 14.5. The van der Waals surface area contributed by atoms with Crippen LogP contribution in [-0.2, 0) is 0 Å². The molecule has 21 heavy (non-hydrogen) atoms. The van der Waals surface area contributed by atoms with Crippen molar-refractivity contribution in [2.75, 3.05) is 13.2 Å². The quantitative estimate of drug-likeness (QED) is 0.732. The van der Waals surface area contributed by atoms with E-state index in [1.165, 1.54) is 12.1 Å². The molecule has 3 rings (SSSR count). The zero-order valence-corrected chi connectivity index (χ0v) is 12.8. The van der Waals surface area contributed by atoms with Crippen LogP contribution in [0.15, 0.2) is 30.3 Å². The van der Waals surface area contributed by atoms with Crippen LogP contribution in [-0.4, -0.2) is 13.2 Å². The molecule has 0 saturated carbocycles. The van der Waals surface area contributed by atoms with Gasteiger partial charge >= 0.3 is 0 Å². The Labute approximate surface area is 132 Å². The van der Waals surface area contributed by atoms with E-state index < -0.39 is 5.38 Å². The van der Waals surface area contributed by atoms with E-state index in [0.29, 0.717) is 40.9 Å². The number of aryl methyl sites for hydroxylation is 1. The molecule has 1 atom stereocenters. The maximum atomic E-state index is 13.5. The van der Waals surface area contributed by atoms with Crippen molar-refractivity contribution in [2.45, 2.75) is 12.3 Å². The second-order valence-corrected chi connectivity index (χ2v) is 5.72. The van der Waals surface area contributed by atoms with Crippen LogP contribution in [0.5, 0.6) is 11.5 Å². The summed E-state index contributed by atoms with van der Waals surface area (Å²) in [5, 5.41) is -0.0769. The zero-order chi connectivity index (χ0) is 15.0. The Balaban J connectivity index is 2.05. The standard InChI is InChI=1S/C16H13Cl2FO2/c1-9-2-3-10(19)6-11(9)16(18)12-7-14-15(8-13(12)17)21-5-4-20-14/h2-3,6-8,16H,4-5H2,1H3. The lowest BCUT2D eigenvalue weighted by Crippen LogP contribution is -2.15. The van der Waals surface area contributed by atoms with Crippen LogP contribution in [0.4, 0.5) is 4.39 Å². The van der Waals surface area contributed by atoms with E-state index in [0.717, 1.165) is 5.56 Å². The van der Waals surface area contributed by atoms with E-state index in [1.807, 2.05) is 6.92 Å². The van der Waals surface area contributed by atoms with E-state index in [2.05, 4.69) is 0 Å². The third-order valence-electron chi connectivity index (χ3n) is 3.45. The van der Waals surface area contributed by atoms with Gasteiger partial charge in [-0.25, -0.2) is 4.39 Å². The van der Waals surface area contributed by atoms with Crippen molar-refractivity contribution >= 4 is 23.2 Å². The van der Waals surface area contributed by atoms with Gasteiger partial charge in [-0.2, -0.15) is 0 Å². The number of hydrogen-bond donors (Lipinski definition) is 0. The van der Waals surface area contributed by atoms with Gasteiger partial charge in [0.05, 0.1) is 5.38 Å². The summed E-state index contributed by atoms with van der Waals surface area (Å²) in [5.74, 6) is 0.894. The molecule has 0 aromatic heterocycles. The highest BCUT2D eigenvalue weighted by Gasteiger charge is 2.21. The minimum absolute atomic E-state index is 0.324. The molecule has 1 heterocycles. The first-order valence-corrected chi connectivity index (χ1v) is 7.37. The van der Waals surface area contributed by atoms with Crippen LogP contribution in [0.25, 0.3) is 0 Å². The highest BCUT2D eigenvalue weighted by Crippen LogP contribution is 2.42. The lowest BCUT2D eigenvalue weighted by molar-refractivity contribution is 0.171. The predicted octanol–water partition coefficient (Wildman–Crippen LogP) is 4.89. The molecule has 5 heteroatoms. The van der Waals surface area contributed by atoms with Crippen LogP contribution < -0.4 is 9.47 Å². The summed E-state index contributed by atoms with van der Waals surface area (Å²) in [4.78, 5) is 0. The third-order valence-corrected chi connectivity index (χ3v) is 4.25. The highest BCUT2D eigenvalue weighted by molar-refractivity contribution is 6.33. The van der Waals surface area contributed by atoms with E-state index >= 15 is 0 Å². The highest BCUT2D eigenvalue weighted by atomic mass is 35.5. The molecule has 2 aromatic rings. The van der Waals surface area contributed by atoms with Crippen molar-refractivity contribution < 1.29 is 13.9 Å². The molecule has 1 unspecified atom stereocenters. The van der Waals surface area contributed by atoms with Gasteiger partial charge in [0.15, 0.2) is 11.5 Å². The molecule has 0 spiro atoms. The Kier molecular flexibility index (Phi) is 3.96. The summed E-state index contributed by atoms with van der Waals surface area (Å²) in [6.45, 7) is 2.87. The van der Waals surface area contributed by atoms with Gasteiger partial charge in [0.1, 0.15) is 19.0 Å². The van der Waals surface area contributed by atoms with Gasteiger partial charge in [-0.05, 0) is 41.8 Å². The normalized spacial score (nSPS) is 14.9. The SMILES string of the molecule is Cc1ccc(F)cc1C(Cl)c1cc2c(cc1Cl)OCCO2. The number of rotatable bonds is 2. The molecule has 0 bridgehead atoms. The van der Waals surface area contributed by atoms with Crippen molar-refractivity contribution in [1.82, 2.24) is 0 Å². The first-order chi connectivity index (χ1) is 10.1. The molecule has 0 amide bonds. The van der Waals surface area contributed by atoms with Crippen LogP contribution in [0.3, 0.4) is 0 Å². The molecule has 2 aromatic carbocycles. The zero-order valence-electron chi connectivity index (χ0n) is 11.3. The fourth-order valence-corrected chi connectivity index (χ4v) is 3.06. The molecule has 1 aliphatic rings. The van der Waals surface area contributed by atoms with Crippen molar-refractivity contribution in [3.05, 3.63) is 57.9 Å². The number of alkyl halides is 1. The number of ether oxygens (including phenoxy) is 2. The number of fused-ring (bicyclic) bond motifs is 1. The molecule has 0 saturated heterocycles. The maximum absolute atomic E-state index is 13.5. The van der Waals surface area contributed by atoms with Gasteiger partial charge in [0.25, 0.3) is 0 Å². The second-order valence-electron chi connectivity index (χ2n) is 4.88. The Hall–Kier alpha value is -1.45. The molecule has 0 fully saturated rings. The molecule has 0 radical (unpaired) electrons. The lowest BCUT2D eigenvalue weighted by Gasteiger charge is -2.22. The molecular weight excluding hydrogens is 314 g/mol. The van der Waals surface area contributed by atoms with Crippen molar-refractivity contribution in [3.63, 3.8) is 0 Å². The summed E-state index contributed by atoms with van der Waals surface area (Å²) in [6, 6.07) is 7.99. The first-order valence-electron chi connectivity index (χ1n) is 6.55. The average Bonchev–Trinajstić information content (AvgIpc) is 2.48. The predicted molar refractivity (Wildman–Crippen MR) is 81.3 cm³/mol. The van der Waals surface area contributed by atoms with E-state index in [4.69, 9.17) is 32.7 Å². The minimum Gasteiger partial charge on any atom is -0.486 e. The lowest BCUT2D eigenvalue weighted by atomic mass is 9.99. The van der Waals surface area contributed by atoms with Crippen molar-refractivity contribution in [1.29, 1.82) is 0 Å². The fourth-order valence-electron chi connectivity index (χ4n) is 2.33. The fraction of sp³-hybridized carbons (Fsp3) is 0.250. The number of halogens is 3. The summed E-state index contributed by atoms with van der Waals surface area (Å²) < 4.78 is 24.5. The Morgan fingerprint density at radius 2 is 1.71 bits per heavy atom. The molecule has 0 N–H and O–H groups in total. The topological polar surface area (TPSA) is 18.5 Å². The molecule has 1 aliphatic heterocycles. The van der Waals surface area contributed by atoms with Gasteiger partial charge < -0.3 is 9.47 Å². The summed E-state index contributed by atoms with van der Waals surface area (Å²) in [6.07, 6.45) is 0. The third kappa shape index (κ3) is 2.81. The molecule has 110 valence electrons. The average molecular weight is 327 g/mol. The van der Waals surface area contributed by atoms with E-state index in [1.54, 1.807) is 18.2 Å².